The Hall–Kier alpha value is -1.58. The fraction of sp³-hybridized carbons (Fsp3) is 0.739. The fourth-order valence-electron chi connectivity index (χ4n) is 3.65. The number of imidazole rings is 2. The molecule has 0 aliphatic rings. The molecule has 4 heteroatoms. The molecule has 0 aliphatic heterocycles. The lowest BCUT2D eigenvalue weighted by molar-refractivity contribution is 0.547. The first kappa shape index (κ1) is 21.7. The molecule has 0 fully saturated rings. The van der Waals surface area contributed by atoms with Crippen LogP contribution in [0.2, 0.25) is 0 Å². The zero-order valence-corrected chi connectivity index (χ0v) is 17.7. The van der Waals surface area contributed by atoms with Crippen LogP contribution in [0.4, 0.5) is 0 Å². The molecule has 2 aromatic heterocycles. The minimum atomic E-state index is 1.13. The Labute approximate surface area is 166 Å². The second-order valence-electron chi connectivity index (χ2n) is 7.76. The number of unbranched alkanes of at least 4 members (excludes halogenated alkanes) is 8. The van der Waals surface area contributed by atoms with Crippen LogP contribution in [0.3, 0.4) is 0 Å². The third-order valence-corrected chi connectivity index (χ3v) is 5.41. The number of nitrogens with zero attached hydrogens (tertiary/aromatic N) is 4. The van der Waals surface area contributed by atoms with Gasteiger partial charge in [-0.25, -0.2) is 9.97 Å². The molecule has 2 aromatic rings. The van der Waals surface area contributed by atoms with E-state index in [-0.39, 0.29) is 0 Å². The zero-order chi connectivity index (χ0) is 19.2. The molecule has 0 N–H and O–H groups in total. The van der Waals surface area contributed by atoms with Crippen LogP contribution in [0.5, 0.6) is 0 Å². The topological polar surface area (TPSA) is 35.6 Å². The van der Waals surface area contributed by atoms with Crippen molar-refractivity contribution in [1.82, 2.24) is 19.1 Å². The molecule has 2 heterocycles. The van der Waals surface area contributed by atoms with E-state index in [0.717, 1.165) is 25.9 Å². The van der Waals surface area contributed by atoms with Gasteiger partial charge in [-0.3, -0.25) is 0 Å². The van der Waals surface area contributed by atoms with Crippen molar-refractivity contribution in [2.45, 2.75) is 110 Å². The molecule has 0 radical (unpaired) electrons. The summed E-state index contributed by atoms with van der Waals surface area (Å²) < 4.78 is 4.68. The first-order valence-corrected chi connectivity index (χ1v) is 11.3. The molecule has 0 bridgehead atoms. The highest BCUT2D eigenvalue weighted by atomic mass is 15.1. The average molecular weight is 373 g/mol. The van der Waals surface area contributed by atoms with Gasteiger partial charge in [-0.1, -0.05) is 58.8 Å². The largest absolute Gasteiger partial charge is 0.335 e. The molecule has 0 spiro atoms. The van der Waals surface area contributed by atoms with Crippen LogP contribution < -0.4 is 0 Å². The lowest BCUT2D eigenvalue weighted by Crippen LogP contribution is -2.03. The second kappa shape index (κ2) is 13.6. The summed E-state index contributed by atoms with van der Waals surface area (Å²) >= 11 is 0. The molecule has 152 valence electrons. The van der Waals surface area contributed by atoms with Gasteiger partial charge in [0.15, 0.2) is 0 Å². The van der Waals surface area contributed by atoms with E-state index >= 15 is 0 Å². The van der Waals surface area contributed by atoms with Crippen LogP contribution >= 0.6 is 0 Å². The number of aromatic nitrogens is 4. The van der Waals surface area contributed by atoms with Crippen LogP contribution in [0.1, 0.15) is 96.1 Å². The summed E-state index contributed by atoms with van der Waals surface area (Å²) in [6.45, 7) is 6.75. The van der Waals surface area contributed by atoms with Crippen LogP contribution in [-0.4, -0.2) is 19.1 Å². The molecule has 27 heavy (non-hydrogen) atoms. The SMILES string of the molecule is CCCCn1ccnc1CCCCCCCCCc1nccn1CCCC. The average Bonchev–Trinajstić information content (AvgIpc) is 3.32. The van der Waals surface area contributed by atoms with E-state index in [0.29, 0.717) is 0 Å². The van der Waals surface area contributed by atoms with Crippen molar-refractivity contribution in [1.29, 1.82) is 0 Å². The van der Waals surface area contributed by atoms with E-state index in [1.807, 2.05) is 12.4 Å². The third kappa shape index (κ3) is 8.32. The molecule has 0 amide bonds. The van der Waals surface area contributed by atoms with Gasteiger partial charge in [0, 0.05) is 50.7 Å². The lowest BCUT2D eigenvalue weighted by atomic mass is 10.1. The van der Waals surface area contributed by atoms with E-state index in [1.54, 1.807) is 0 Å². The summed E-state index contributed by atoms with van der Waals surface area (Å²) in [5.74, 6) is 2.56. The quantitative estimate of drug-likeness (QED) is 0.329. The predicted octanol–water partition coefficient (Wildman–Crippen LogP) is 6.20. The summed E-state index contributed by atoms with van der Waals surface area (Å²) in [4.78, 5) is 9.06. The predicted molar refractivity (Wildman–Crippen MR) is 114 cm³/mol. The minimum absolute atomic E-state index is 1.13. The molecule has 0 unspecified atom stereocenters. The van der Waals surface area contributed by atoms with Crippen molar-refractivity contribution in [3.05, 3.63) is 36.4 Å². The maximum absolute atomic E-state index is 4.53. The number of hydrogen-bond acceptors (Lipinski definition) is 2. The number of rotatable bonds is 16. The molecule has 4 nitrogen and oxygen atoms in total. The van der Waals surface area contributed by atoms with Crippen molar-refractivity contribution in [2.75, 3.05) is 0 Å². The Morgan fingerprint density at radius 2 is 1.00 bits per heavy atom. The van der Waals surface area contributed by atoms with Crippen LogP contribution in [0.15, 0.2) is 24.8 Å². The van der Waals surface area contributed by atoms with E-state index in [2.05, 4.69) is 45.3 Å². The summed E-state index contributed by atoms with van der Waals surface area (Å²) in [6.07, 6.45) is 24.8. The van der Waals surface area contributed by atoms with Crippen molar-refractivity contribution in [3.63, 3.8) is 0 Å². The molecule has 0 saturated carbocycles. The summed E-state index contributed by atoms with van der Waals surface area (Å²) in [5.41, 5.74) is 0. The van der Waals surface area contributed by atoms with Crippen molar-refractivity contribution in [3.8, 4) is 0 Å². The van der Waals surface area contributed by atoms with Crippen LogP contribution in [0.25, 0.3) is 0 Å². The molecular formula is C23H40N4. The molecule has 2 rings (SSSR count). The van der Waals surface area contributed by atoms with Gasteiger partial charge in [-0.15, -0.1) is 0 Å². The highest BCUT2D eigenvalue weighted by Gasteiger charge is 2.03. The summed E-state index contributed by atoms with van der Waals surface area (Å²) in [6, 6.07) is 0. The van der Waals surface area contributed by atoms with Crippen LogP contribution in [0, 0.1) is 0 Å². The van der Waals surface area contributed by atoms with E-state index in [4.69, 9.17) is 0 Å². The lowest BCUT2D eigenvalue weighted by Gasteiger charge is -2.07. The van der Waals surface area contributed by atoms with Gasteiger partial charge in [0.25, 0.3) is 0 Å². The van der Waals surface area contributed by atoms with Crippen LogP contribution in [-0.2, 0) is 25.9 Å². The van der Waals surface area contributed by atoms with Gasteiger partial charge in [-0.05, 0) is 25.7 Å². The molecular weight excluding hydrogens is 332 g/mol. The Kier molecular flexibility index (Phi) is 10.9. The molecule has 0 aliphatic carbocycles. The fourth-order valence-corrected chi connectivity index (χ4v) is 3.65. The van der Waals surface area contributed by atoms with E-state index in [1.165, 1.54) is 82.3 Å². The van der Waals surface area contributed by atoms with Crippen molar-refractivity contribution < 1.29 is 0 Å². The van der Waals surface area contributed by atoms with Crippen molar-refractivity contribution in [2.24, 2.45) is 0 Å². The maximum Gasteiger partial charge on any atom is 0.108 e. The first-order chi connectivity index (χ1) is 13.3. The Balaban J connectivity index is 1.47. The Morgan fingerprint density at radius 3 is 1.41 bits per heavy atom. The van der Waals surface area contributed by atoms with E-state index in [9.17, 15) is 0 Å². The highest BCUT2D eigenvalue weighted by molar-refractivity contribution is 4.93. The monoisotopic (exact) mass is 372 g/mol. The van der Waals surface area contributed by atoms with Crippen molar-refractivity contribution >= 4 is 0 Å². The summed E-state index contributed by atoms with van der Waals surface area (Å²) in [7, 11) is 0. The van der Waals surface area contributed by atoms with Gasteiger partial charge in [0.05, 0.1) is 0 Å². The zero-order valence-electron chi connectivity index (χ0n) is 17.7. The molecule has 0 saturated heterocycles. The second-order valence-corrected chi connectivity index (χ2v) is 7.76. The molecule has 0 atom stereocenters. The Bertz CT molecular complexity index is 547. The smallest absolute Gasteiger partial charge is 0.108 e. The van der Waals surface area contributed by atoms with Gasteiger partial charge >= 0.3 is 0 Å². The maximum atomic E-state index is 4.53. The normalized spacial score (nSPS) is 11.3. The minimum Gasteiger partial charge on any atom is -0.335 e. The van der Waals surface area contributed by atoms with Gasteiger partial charge in [-0.2, -0.15) is 0 Å². The number of aryl methyl sites for hydroxylation is 4. The Morgan fingerprint density at radius 1 is 0.593 bits per heavy atom. The first-order valence-electron chi connectivity index (χ1n) is 11.3. The number of hydrogen-bond donors (Lipinski definition) is 0. The van der Waals surface area contributed by atoms with Gasteiger partial charge in [0.1, 0.15) is 11.6 Å². The summed E-state index contributed by atoms with van der Waals surface area (Å²) in [5, 5.41) is 0. The van der Waals surface area contributed by atoms with Gasteiger partial charge in [0.2, 0.25) is 0 Å². The van der Waals surface area contributed by atoms with Gasteiger partial charge < -0.3 is 9.13 Å². The highest BCUT2D eigenvalue weighted by Crippen LogP contribution is 2.12. The molecule has 0 aromatic carbocycles. The standard InChI is InChI=1S/C23H40N4/c1-3-5-18-26-20-16-24-22(26)14-12-10-8-7-9-11-13-15-23-25-17-21-27(23)19-6-4-2/h16-17,20-21H,3-15,18-19H2,1-2H3. The third-order valence-electron chi connectivity index (χ3n) is 5.41. The van der Waals surface area contributed by atoms with E-state index < -0.39 is 0 Å².